The van der Waals surface area contributed by atoms with Crippen molar-refractivity contribution in [2.24, 2.45) is 5.92 Å². The topological polar surface area (TPSA) is 52.6 Å². The zero-order valence-corrected chi connectivity index (χ0v) is 10.7. The monoisotopic (exact) mass is 242 g/mol. The van der Waals surface area contributed by atoms with Crippen LogP contribution >= 0.6 is 0 Å². The maximum absolute atomic E-state index is 11.8. The average molecular weight is 242 g/mol. The van der Waals surface area contributed by atoms with E-state index in [0.717, 1.165) is 25.7 Å². The van der Waals surface area contributed by atoms with E-state index >= 15 is 0 Å². The lowest BCUT2D eigenvalue weighted by Gasteiger charge is -2.16. The summed E-state index contributed by atoms with van der Waals surface area (Å²) >= 11 is 0. The third-order valence-corrected chi connectivity index (χ3v) is 3.06. The highest BCUT2D eigenvalue weighted by molar-refractivity contribution is 6.01. The van der Waals surface area contributed by atoms with Crippen LogP contribution in [0.5, 0.6) is 0 Å². The average Bonchev–Trinajstić information content (AvgIpc) is 2.82. The summed E-state index contributed by atoms with van der Waals surface area (Å²) in [5.74, 6) is -0.106. The van der Waals surface area contributed by atoms with Gasteiger partial charge in [0.05, 0.1) is 6.42 Å². The van der Waals surface area contributed by atoms with Crippen LogP contribution in [0.25, 0.3) is 0 Å². The Labute approximate surface area is 103 Å². The molecule has 1 rings (SSSR count). The van der Waals surface area contributed by atoms with Crippen molar-refractivity contribution in [1.29, 1.82) is 0 Å². The Hall–Kier alpha value is -0.740. The van der Waals surface area contributed by atoms with Gasteiger partial charge in [-0.25, -0.2) is 0 Å². The summed E-state index contributed by atoms with van der Waals surface area (Å²) < 4.78 is 10.4. The number of carbonyl (C=O) groups excluding carboxylic acids is 2. The molecule has 1 aliphatic rings. The number of ether oxygens (including phenoxy) is 2. The van der Waals surface area contributed by atoms with Gasteiger partial charge in [-0.1, -0.05) is 12.8 Å². The molecule has 0 unspecified atom stereocenters. The molecule has 1 fully saturated rings. The Morgan fingerprint density at radius 3 is 2.12 bits per heavy atom. The molecule has 0 aromatic rings. The van der Waals surface area contributed by atoms with Crippen LogP contribution in [0.3, 0.4) is 0 Å². The molecule has 0 saturated heterocycles. The lowest BCUT2D eigenvalue weighted by Crippen LogP contribution is -2.30. The molecular weight excluding hydrogens is 220 g/mol. The molecule has 0 spiro atoms. The molecule has 17 heavy (non-hydrogen) atoms. The molecule has 0 bridgehead atoms. The van der Waals surface area contributed by atoms with Gasteiger partial charge in [0.1, 0.15) is 5.78 Å². The van der Waals surface area contributed by atoms with Crippen LogP contribution < -0.4 is 0 Å². The molecule has 98 valence electrons. The smallest absolute Gasteiger partial charge is 0.218 e. The molecule has 0 heterocycles. The van der Waals surface area contributed by atoms with Gasteiger partial charge in [-0.15, -0.1) is 0 Å². The quantitative estimate of drug-likeness (QED) is 0.483. The highest BCUT2D eigenvalue weighted by atomic mass is 16.7. The molecular formula is C13H22O4. The lowest BCUT2D eigenvalue weighted by atomic mass is 9.98. The van der Waals surface area contributed by atoms with Gasteiger partial charge in [0.2, 0.25) is 6.29 Å². The van der Waals surface area contributed by atoms with Crippen molar-refractivity contribution in [3.05, 3.63) is 0 Å². The number of hydrogen-bond acceptors (Lipinski definition) is 4. The predicted molar refractivity (Wildman–Crippen MR) is 63.6 cm³/mol. The van der Waals surface area contributed by atoms with E-state index in [2.05, 4.69) is 0 Å². The number of hydrogen-bond donors (Lipinski definition) is 0. The summed E-state index contributed by atoms with van der Waals surface area (Å²) in [6.45, 7) is 4.43. The van der Waals surface area contributed by atoms with E-state index in [0.29, 0.717) is 13.2 Å². The fourth-order valence-electron chi connectivity index (χ4n) is 2.18. The Kier molecular flexibility index (Phi) is 6.37. The summed E-state index contributed by atoms with van der Waals surface area (Å²) in [5.41, 5.74) is 0. The fourth-order valence-corrected chi connectivity index (χ4v) is 2.18. The van der Waals surface area contributed by atoms with E-state index in [9.17, 15) is 9.59 Å². The first-order valence-corrected chi connectivity index (χ1v) is 6.47. The summed E-state index contributed by atoms with van der Waals surface area (Å²) in [5, 5.41) is 0. The highest BCUT2D eigenvalue weighted by Gasteiger charge is 2.27. The molecule has 0 aromatic carbocycles. The van der Waals surface area contributed by atoms with Crippen molar-refractivity contribution in [3.63, 3.8) is 0 Å². The van der Waals surface area contributed by atoms with Crippen molar-refractivity contribution in [2.45, 2.75) is 52.2 Å². The zero-order valence-electron chi connectivity index (χ0n) is 10.7. The van der Waals surface area contributed by atoms with Crippen LogP contribution in [0.15, 0.2) is 0 Å². The van der Waals surface area contributed by atoms with E-state index < -0.39 is 6.29 Å². The normalized spacial score (nSPS) is 16.6. The summed E-state index contributed by atoms with van der Waals surface area (Å²) in [6.07, 6.45) is 3.15. The summed E-state index contributed by atoms with van der Waals surface area (Å²) in [4.78, 5) is 23.7. The van der Waals surface area contributed by atoms with Crippen molar-refractivity contribution in [1.82, 2.24) is 0 Å². The third kappa shape index (κ3) is 4.56. The van der Waals surface area contributed by atoms with Crippen LogP contribution in [0.1, 0.15) is 46.0 Å². The second-order valence-corrected chi connectivity index (χ2v) is 4.33. The van der Waals surface area contributed by atoms with Crippen LogP contribution in [0.2, 0.25) is 0 Å². The molecule has 0 atom stereocenters. The van der Waals surface area contributed by atoms with Gasteiger partial charge < -0.3 is 9.47 Å². The minimum absolute atomic E-state index is 0.0463. The first-order valence-electron chi connectivity index (χ1n) is 6.47. The minimum Gasteiger partial charge on any atom is -0.346 e. The Morgan fingerprint density at radius 2 is 1.65 bits per heavy atom. The zero-order chi connectivity index (χ0) is 12.7. The van der Waals surface area contributed by atoms with Gasteiger partial charge in [0.15, 0.2) is 5.78 Å². The van der Waals surface area contributed by atoms with Gasteiger partial charge >= 0.3 is 0 Å². The number of ketones is 2. The van der Waals surface area contributed by atoms with Crippen molar-refractivity contribution >= 4 is 11.6 Å². The molecule has 0 aromatic heterocycles. The molecule has 4 heteroatoms. The van der Waals surface area contributed by atoms with Gasteiger partial charge in [-0.05, 0) is 26.7 Å². The van der Waals surface area contributed by atoms with Crippen molar-refractivity contribution in [3.8, 4) is 0 Å². The lowest BCUT2D eigenvalue weighted by molar-refractivity contribution is -0.168. The molecule has 0 N–H and O–H groups in total. The van der Waals surface area contributed by atoms with Crippen LogP contribution in [0, 0.1) is 5.92 Å². The van der Waals surface area contributed by atoms with Crippen molar-refractivity contribution in [2.75, 3.05) is 13.2 Å². The fraction of sp³-hybridized carbons (Fsp3) is 0.846. The first kappa shape index (κ1) is 14.3. The largest absolute Gasteiger partial charge is 0.346 e. The van der Waals surface area contributed by atoms with E-state index in [1.54, 1.807) is 13.8 Å². The number of Topliss-reactive ketones (excluding diaryl/α,β-unsaturated/α-hetero) is 2. The highest BCUT2D eigenvalue weighted by Crippen LogP contribution is 2.26. The van der Waals surface area contributed by atoms with Gasteiger partial charge in [-0.2, -0.15) is 0 Å². The molecule has 4 nitrogen and oxygen atoms in total. The van der Waals surface area contributed by atoms with Gasteiger partial charge in [0, 0.05) is 19.1 Å². The Balaban J connectivity index is 2.41. The Bertz CT molecular complexity index is 250. The maximum atomic E-state index is 11.8. The third-order valence-electron chi connectivity index (χ3n) is 3.06. The molecule has 0 aliphatic heterocycles. The summed E-state index contributed by atoms with van der Waals surface area (Å²) in [7, 11) is 0. The standard InChI is InChI=1S/C13H22O4/c1-3-16-13(17-4-2)12(15)9-11(14)10-7-5-6-8-10/h10,13H,3-9H2,1-2H3. The maximum Gasteiger partial charge on any atom is 0.218 e. The molecule has 1 aliphatic carbocycles. The van der Waals surface area contributed by atoms with Crippen molar-refractivity contribution < 1.29 is 19.1 Å². The van der Waals surface area contributed by atoms with Gasteiger partial charge in [-0.3, -0.25) is 9.59 Å². The summed E-state index contributed by atoms with van der Waals surface area (Å²) in [6, 6.07) is 0. The predicted octanol–water partition coefficient (Wildman–Crippen LogP) is 2.10. The molecule has 0 radical (unpaired) electrons. The second-order valence-electron chi connectivity index (χ2n) is 4.33. The van der Waals surface area contributed by atoms with Crippen LogP contribution in [-0.4, -0.2) is 31.1 Å². The molecule has 1 saturated carbocycles. The number of rotatable bonds is 8. The van der Waals surface area contributed by atoms with E-state index in [4.69, 9.17) is 9.47 Å². The van der Waals surface area contributed by atoms with Crippen LogP contribution in [-0.2, 0) is 19.1 Å². The Morgan fingerprint density at radius 1 is 1.12 bits per heavy atom. The molecule has 0 amide bonds. The second kappa shape index (κ2) is 7.56. The first-order chi connectivity index (χ1) is 8.19. The number of carbonyl (C=O) groups is 2. The van der Waals surface area contributed by atoms with Gasteiger partial charge in [0.25, 0.3) is 0 Å². The van der Waals surface area contributed by atoms with E-state index in [1.807, 2.05) is 0 Å². The van der Waals surface area contributed by atoms with E-state index in [1.165, 1.54) is 0 Å². The van der Waals surface area contributed by atoms with E-state index in [-0.39, 0.29) is 23.9 Å². The van der Waals surface area contributed by atoms with Crippen LogP contribution in [0.4, 0.5) is 0 Å². The minimum atomic E-state index is -0.865. The SMILES string of the molecule is CCOC(OCC)C(=O)CC(=O)C1CCCC1.